The predicted octanol–water partition coefficient (Wildman–Crippen LogP) is 1.74. The molecule has 60 valence electrons. The summed E-state index contributed by atoms with van der Waals surface area (Å²) in [4.78, 5) is 0. The van der Waals surface area contributed by atoms with Crippen molar-refractivity contribution in [2.45, 2.75) is 19.8 Å². The average molecular weight is 159 g/mol. The fourth-order valence-corrected chi connectivity index (χ4v) is 2.95. The van der Waals surface area contributed by atoms with E-state index >= 15 is 0 Å². The second-order valence-corrected chi connectivity index (χ2v) is 4.68. The second kappa shape index (κ2) is 3.63. The van der Waals surface area contributed by atoms with Crippen LogP contribution in [0.3, 0.4) is 0 Å². The molecule has 0 aromatic heterocycles. The molecular formula is C8H17NS. The maximum atomic E-state index is 3.27. The summed E-state index contributed by atoms with van der Waals surface area (Å²) < 4.78 is 0. The van der Waals surface area contributed by atoms with E-state index in [1.165, 1.54) is 30.9 Å². The predicted molar refractivity (Wildman–Crippen MR) is 48.6 cm³/mol. The molecule has 0 aromatic carbocycles. The van der Waals surface area contributed by atoms with Gasteiger partial charge in [-0.05, 0) is 36.8 Å². The van der Waals surface area contributed by atoms with E-state index in [0.717, 1.165) is 0 Å². The molecule has 2 heteroatoms. The summed E-state index contributed by atoms with van der Waals surface area (Å²) in [6, 6.07) is 0. The summed E-state index contributed by atoms with van der Waals surface area (Å²) in [5.41, 5.74) is 0.597. The molecule has 0 atom stereocenters. The van der Waals surface area contributed by atoms with Crippen LogP contribution in [-0.4, -0.2) is 25.1 Å². The molecule has 0 amide bonds. The maximum Gasteiger partial charge on any atom is 0.000275 e. The number of thioether (sulfide) groups is 1. The van der Waals surface area contributed by atoms with Crippen molar-refractivity contribution in [2.24, 2.45) is 5.41 Å². The van der Waals surface area contributed by atoms with Crippen molar-refractivity contribution in [3.05, 3.63) is 0 Å². The van der Waals surface area contributed by atoms with Gasteiger partial charge in [0.05, 0.1) is 0 Å². The van der Waals surface area contributed by atoms with Gasteiger partial charge >= 0.3 is 0 Å². The Hall–Kier alpha value is 0.310. The lowest BCUT2D eigenvalue weighted by Gasteiger charge is -2.32. The largest absolute Gasteiger partial charge is 0.319 e. The zero-order valence-electron chi connectivity index (χ0n) is 6.94. The first-order valence-corrected chi connectivity index (χ1v) is 5.15. The molecule has 0 spiro atoms. The highest BCUT2D eigenvalue weighted by Gasteiger charge is 2.25. The Morgan fingerprint density at radius 1 is 1.40 bits per heavy atom. The van der Waals surface area contributed by atoms with E-state index in [2.05, 4.69) is 24.0 Å². The van der Waals surface area contributed by atoms with Crippen LogP contribution in [0.15, 0.2) is 0 Å². The topological polar surface area (TPSA) is 12.0 Å². The van der Waals surface area contributed by atoms with Crippen molar-refractivity contribution in [3.63, 3.8) is 0 Å². The third kappa shape index (κ3) is 2.17. The van der Waals surface area contributed by atoms with Crippen LogP contribution in [-0.2, 0) is 0 Å². The molecule has 1 nitrogen and oxygen atoms in total. The Balaban J connectivity index is 2.32. The molecule has 0 saturated carbocycles. The van der Waals surface area contributed by atoms with E-state index in [9.17, 15) is 0 Å². The minimum Gasteiger partial charge on any atom is -0.319 e. The molecule has 1 N–H and O–H groups in total. The summed E-state index contributed by atoms with van der Waals surface area (Å²) >= 11 is 2.10. The Bertz CT molecular complexity index is 91.9. The van der Waals surface area contributed by atoms with Crippen molar-refractivity contribution in [1.82, 2.24) is 5.32 Å². The lowest BCUT2D eigenvalue weighted by atomic mass is 9.84. The van der Waals surface area contributed by atoms with Gasteiger partial charge in [-0.15, -0.1) is 0 Å². The molecule has 1 fully saturated rings. The van der Waals surface area contributed by atoms with Crippen LogP contribution >= 0.6 is 11.8 Å². The summed E-state index contributed by atoms with van der Waals surface area (Å²) in [5.74, 6) is 2.72. The van der Waals surface area contributed by atoms with Crippen molar-refractivity contribution >= 4 is 11.8 Å². The maximum absolute atomic E-state index is 3.27. The summed E-state index contributed by atoms with van der Waals surface area (Å²) in [5, 5.41) is 3.27. The first-order chi connectivity index (χ1) is 4.77. The van der Waals surface area contributed by atoms with Crippen LogP contribution in [0.5, 0.6) is 0 Å². The zero-order chi connectivity index (χ0) is 7.45. The van der Waals surface area contributed by atoms with Crippen molar-refractivity contribution in [2.75, 3.05) is 25.1 Å². The van der Waals surface area contributed by atoms with E-state index in [4.69, 9.17) is 0 Å². The van der Waals surface area contributed by atoms with Crippen LogP contribution in [0, 0.1) is 5.41 Å². The van der Waals surface area contributed by atoms with Gasteiger partial charge in [0.25, 0.3) is 0 Å². The highest BCUT2D eigenvalue weighted by Crippen LogP contribution is 2.33. The van der Waals surface area contributed by atoms with Gasteiger partial charge in [0, 0.05) is 6.54 Å². The zero-order valence-corrected chi connectivity index (χ0v) is 7.76. The van der Waals surface area contributed by atoms with Crippen LogP contribution < -0.4 is 5.32 Å². The van der Waals surface area contributed by atoms with E-state index in [1.54, 1.807) is 0 Å². The van der Waals surface area contributed by atoms with Gasteiger partial charge in [0.15, 0.2) is 0 Å². The molecular weight excluding hydrogens is 142 g/mol. The van der Waals surface area contributed by atoms with Gasteiger partial charge in [0.1, 0.15) is 0 Å². The fraction of sp³-hybridized carbons (Fsp3) is 1.00. The standard InChI is InChI=1S/C8H17NS/c1-8(7-9-2)3-5-10-6-4-8/h9H,3-7H2,1-2H3. The number of nitrogens with one attached hydrogen (secondary N) is 1. The molecule has 1 rings (SSSR count). The van der Waals surface area contributed by atoms with Gasteiger partial charge < -0.3 is 5.32 Å². The normalized spacial score (nSPS) is 24.6. The van der Waals surface area contributed by atoms with Crippen molar-refractivity contribution < 1.29 is 0 Å². The van der Waals surface area contributed by atoms with Crippen LogP contribution in [0.1, 0.15) is 19.8 Å². The van der Waals surface area contributed by atoms with Gasteiger partial charge in [-0.25, -0.2) is 0 Å². The highest BCUT2D eigenvalue weighted by atomic mass is 32.2. The average Bonchev–Trinajstić information content (AvgIpc) is 1.89. The van der Waals surface area contributed by atoms with Crippen molar-refractivity contribution in [1.29, 1.82) is 0 Å². The fourth-order valence-electron chi connectivity index (χ4n) is 1.47. The molecule has 0 bridgehead atoms. The SMILES string of the molecule is CNCC1(C)CCSCC1. The number of hydrogen-bond donors (Lipinski definition) is 1. The Labute approximate surface area is 68.0 Å². The highest BCUT2D eigenvalue weighted by molar-refractivity contribution is 7.99. The van der Waals surface area contributed by atoms with E-state index in [-0.39, 0.29) is 0 Å². The van der Waals surface area contributed by atoms with Crippen LogP contribution in [0.4, 0.5) is 0 Å². The third-order valence-electron chi connectivity index (χ3n) is 2.30. The lowest BCUT2D eigenvalue weighted by Crippen LogP contribution is -2.33. The molecule has 1 aliphatic heterocycles. The molecule has 1 heterocycles. The third-order valence-corrected chi connectivity index (χ3v) is 3.29. The van der Waals surface area contributed by atoms with E-state index < -0.39 is 0 Å². The second-order valence-electron chi connectivity index (χ2n) is 3.45. The van der Waals surface area contributed by atoms with Gasteiger partial charge in [0.2, 0.25) is 0 Å². The summed E-state index contributed by atoms with van der Waals surface area (Å²) in [7, 11) is 2.05. The molecule has 0 aromatic rings. The lowest BCUT2D eigenvalue weighted by molar-refractivity contribution is 0.288. The van der Waals surface area contributed by atoms with Crippen LogP contribution in [0.2, 0.25) is 0 Å². The van der Waals surface area contributed by atoms with Gasteiger partial charge in [-0.1, -0.05) is 6.92 Å². The minimum absolute atomic E-state index is 0.597. The molecule has 10 heavy (non-hydrogen) atoms. The first kappa shape index (κ1) is 8.41. The molecule has 1 saturated heterocycles. The Morgan fingerprint density at radius 3 is 2.50 bits per heavy atom. The summed E-state index contributed by atoms with van der Waals surface area (Å²) in [6.45, 7) is 3.58. The molecule has 1 aliphatic rings. The Kier molecular flexibility index (Phi) is 3.05. The molecule has 0 aliphatic carbocycles. The van der Waals surface area contributed by atoms with Gasteiger partial charge in [-0.3, -0.25) is 0 Å². The molecule has 0 unspecified atom stereocenters. The van der Waals surface area contributed by atoms with Gasteiger partial charge in [-0.2, -0.15) is 11.8 Å². The van der Waals surface area contributed by atoms with E-state index in [0.29, 0.717) is 5.41 Å². The quantitative estimate of drug-likeness (QED) is 0.658. The van der Waals surface area contributed by atoms with Crippen LogP contribution in [0.25, 0.3) is 0 Å². The number of hydrogen-bond acceptors (Lipinski definition) is 2. The number of rotatable bonds is 2. The van der Waals surface area contributed by atoms with Crippen molar-refractivity contribution in [3.8, 4) is 0 Å². The molecule has 0 radical (unpaired) electrons. The minimum atomic E-state index is 0.597. The summed E-state index contributed by atoms with van der Waals surface area (Å²) in [6.07, 6.45) is 2.77. The smallest absolute Gasteiger partial charge is 0.000275 e. The first-order valence-electron chi connectivity index (χ1n) is 3.99. The van der Waals surface area contributed by atoms with E-state index in [1.807, 2.05) is 7.05 Å². The Morgan fingerprint density at radius 2 is 2.00 bits per heavy atom. The monoisotopic (exact) mass is 159 g/mol.